The summed E-state index contributed by atoms with van der Waals surface area (Å²) >= 11 is 0. The monoisotopic (exact) mass is 396 g/mol. The molecule has 0 saturated carbocycles. The summed E-state index contributed by atoms with van der Waals surface area (Å²) in [7, 11) is 0. The normalized spacial score (nSPS) is 19.2. The third kappa shape index (κ3) is 3.09. The molecular weight excluding hydrogens is 368 g/mol. The summed E-state index contributed by atoms with van der Waals surface area (Å²) in [6, 6.07) is 9.48. The topological polar surface area (TPSA) is 76.7 Å². The average Bonchev–Trinajstić information content (AvgIpc) is 3.22. The Labute approximate surface area is 170 Å². The van der Waals surface area contributed by atoms with Gasteiger partial charge in [0, 0.05) is 37.1 Å². The lowest BCUT2D eigenvalue weighted by atomic mass is 9.85. The third-order valence-corrected chi connectivity index (χ3v) is 6.12. The number of nitrogens with one attached hydrogen (secondary N) is 1. The van der Waals surface area contributed by atoms with Crippen LogP contribution < -0.4 is 0 Å². The standard InChI is InChI=1S/C22H28N4O3/c1-4-25-20(28)22(26(21(25)29)14-15(2)3)9-11-24(12-10-22)19(27)18-13-16-7-5-6-8-17(16)23-18/h5-8,13,15,23H,4,9-12,14H2,1-3H3. The van der Waals surface area contributed by atoms with Gasteiger partial charge in [-0.3, -0.25) is 14.5 Å². The second kappa shape index (κ2) is 7.21. The van der Waals surface area contributed by atoms with E-state index in [1.165, 1.54) is 4.90 Å². The van der Waals surface area contributed by atoms with E-state index in [-0.39, 0.29) is 23.8 Å². The smallest absolute Gasteiger partial charge is 0.327 e. The molecule has 7 heteroatoms. The fourth-order valence-corrected chi connectivity index (χ4v) is 4.60. The highest BCUT2D eigenvalue weighted by Crippen LogP contribution is 2.38. The number of carbonyl (C=O) groups is 3. The number of H-pyrrole nitrogens is 1. The Bertz CT molecular complexity index is 923. The number of fused-ring (bicyclic) bond motifs is 1. The number of rotatable bonds is 4. The molecule has 0 unspecified atom stereocenters. The number of urea groups is 1. The van der Waals surface area contributed by atoms with E-state index < -0.39 is 5.54 Å². The molecule has 1 spiro atoms. The Morgan fingerprint density at radius 3 is 2.48 bits per heavy atom. The number of amides is 4. The SMILES string of the molecule is CCN1C(=O)N(CC(C)C)C2(CCN(C(=O)c3cc4ccccc4[nH]3)CC2)C1=O. The highest BCUT2D eigenvalue weighted by atomic mass is 16.2. The van der Waals surface area contributed by atoms with Crippen molar-refractivity contribution in [3.8, 4) is 0 Å². The molecule has 2 fully saturated rings. The minimum Gasteiger partial charge on any atom is -0.351 e. The number of benzene rings is 1. The van der Waals surface area contributed by atoms with Gasteiger partial charge in [0.25, 0.3) is 11.8 Å². The minimum absolute atomic E-state index is 0.0596. The molecule has 2 aromatic rings. The fourth-order valence-electron chi connectivity index (χ4n) is 4.60. The largest absolute Gasteiger partial charge is 0.351 e. The van der Waals surface area contributed by atoms with Crippen LogP contribution in [0.4, 0.5) is 4.79 Å². The van der Waals surface area contributed by atoms with E-state index in [1.807, 2.05) is 37.3 Å². The number of aromatic nitrogens is 1. The van der Waals surface area contributed by atoms with Crippen molar-refractivity contribution in [3.05, 3.63) is 36.0 Å². The van der Waals surface area contributed by atoms with E-state index in [9.17, 15) is 14.4 Å². The highest BCUT2D eigenvalue weighted by molar-refractivity contribution is 6.07. The molecule has 4 amide bonds. The van der Waals surface area contributed by atoms with Crippen LogP contribution in [-0.4, -0.2) is 69.2 Å². The van der Waals surface area contributed by atoms with Crippen LogP contribution in [0.25, 0.3) is 10.9 Å². The van der Waals surface area contributed by atoms with Crippen LogP contribution in [-0.2, 0) is 4.79 Å². The number of para-hydroxylation sites is 1. The molecule has 0 radical (unpaired) electrons. The number of hydrogen-bond donors (Lipinski definition) is 1. The van der Waals surface area contributed by atoms with Crippen LogP contribution in [0.2, 0.25) is 0 Å². The number of nitrogens with zero attached hydrogens (tertiary/aromatic N) is 3. The van der Waals surface area contributed by atoms with Gasteiger partial charge in [0.05, 0.1) is 0 Å². The zero-order valence-corrected chi connectivity index (χ0v) is 17.3. The van der Waals surface area contributed by atoms with Gasteiger partial charge in [-0.15, -0.1) is 0 Å². The molecule has 2 aliphatic heterocycles. The van der Waals surface area contributed by atoms with Gasteiger partial charge in [0.2, 0.25) is 0 Å². The summed E-state index contributed by atoms with van der Waals surface area (Å²) < 4.78 is 0. The van der Waals surface area contributed by atoms with Crippen molar-refractivity contribution in [1.29, 1.82) is 0 Å². The highest BCUT2D eigenvalue weighted by Gasteiger charge is 2.57. The number of carbonyl (C=O) groups excluding carboxylic acids is 3. The van der Waals surface area contributed by atoms with Crippen LogP contribution in [0.15, 0.2) is 30.3 Å². The molecule has 154 valence electrons. The minimum atomic E-state index is -0.811. The number of piperidine rings is 1. The van der Waals surface area contributed by atoms with Crippen molar-refractivity contribution in [2.24, 2.45) is 5.92 Å². The van der Waals surface area contributed by atoms with E-state index in [4.69, 9.17) is 0 Å². The molecule has 0 bridgehead atoms. The molecule has 1 aromatic heterocycles. The summed E-state index contributed by atoms with van der Waals surface area (Å²) in [6.07, 6.45) is 0.958. The van der Waals surface area contributed by atoms with Crippen LogP contribution in [0.5, 0.6) is 0 Å². The lowest BCUT2D eigenvalue weighted by Crippen LogP contribution is -2.58. The molecular formula is C22H28N4O3. The van der Waals surface area contributed by atoms with Crippen molar-refractivity contribution >= 4 is 28.7 Å². The summed E-state index contributed by atoms with van der Waals surface area (Å²) in [4.78, 5) is 47.1. The maximum atomic E-state index is 13.1. The van der Waals surface area contributed by atoms with Crippen molar-refractivity contribution in [1.82, 2.24) is 19.7 Å². The van der Waals surface area contributed by atoms with Crippen molar-refractivity contribution in [2.75, 3.05) is 26.2 Å². The Kier molecular flexibility index (Phi) is 4.84. The van der Waals surface area contributed by atoms with Crippen LogP contribution in [0.3, 0.4) is 0 Å². The lowest BCUT2D eigenvalue weighted by Gasteiger charge is -2.42. The van der Waals surface area contributed by atoms with Gasteiger partial charge < -0.3 is 14.8 Å². The summed E-state index contributed by atoms with van der Waals surface area (Å²) in [5, 5.41) is 1.00. The van der Waals surface area contributed by atoms with Crippen molar-refractivity contribution < 1.29 is 14.4 Å². The molecule has 0 aliphatic carbocycles. The molecule has 0 atom stereocenters. The van der Waals surface area contributed by atoms with Gasteiger partial charge >= 0.3 is 6.03 Å². The maximum absolute atomic E-state index is 13.1. The first-order valence-electron chi connectivity index (χ1n) is 10.4. The van der Waals surface area contributed by atoms with E-state index in [2.05, 4.69) is 18.8 Å². The maximum Gasteiger partial charge on any atom is 0.327 e. The van der Waals surface area contributed by atoms with Gasteiger partial charge in [-0.05, 0) is 37.8 Å². The Morgan fingerprint density at radius 1 is 1.17 bits per heavy atom. The second-order valence-corrected chi connectivity index (χ2v) is 8.43. The average molecular weight is 396 g/mol. The van der Waals surface area contributed by atoms with Gasteiger partial charge in [-0.25, -0.2) is 4.79 Å². The van der Waals surface area contributed by atoms with Crippen molar-refractivity contribution in [2.45, 2.75) is 39.2 Å². The molecule has 2 saturated heterocycles. The zero-order chi connectivity index (χ0) is 20.8. The van der Waals surface area contributed by atoms with Crippen LogP contribution in [0, 0.1) is 5.92 Å². The molecule has 3 heterocycles. The number of likely N-dealkylation sites (tertiary alicyclic amines) is 1. The number of hydrogen-bond acceptors (Lipinski definition) is 3. The number of imide groups is 1. The lowest BCUT2D eigenvalue weighted by molar-refractivity contribution is -0.135. The van der Waals surface area contributed by atoms with E-state index in [1.54, 1.807) is 9.80 Å². The molecule has 7 nitrogen and oxygen atoms in total. The van der Waals surface area contributed by atoms with E-state index in [0.29, 0.717) is 44.7 Å². The van der Waals surface area contributed by atoms with Crippen LogP contribution >= 0.6 is 0 Å². The predicted molar refractivity (Wildman–Crippen MR) is 110 cm³/mol. The number of aromatic amines is 1. The Hall–Kier alpha value is -2.83. The van der Waals surface area contributed by atoms with Crippen molar-refractivity contribution in [3.63, 3.8) is 0 Å². The Balaban J connectivity index is 1.54. The molecule has 4 rings (SSSR count). The quantitative estimate of drug-likeness (QED) is 0.807. The van der Waals surface area contributed by atoms with E-state index >= 15 is 0 Å². The molecule has 2 aliphatic rings. The van der Waals surface area contributed by atoms with Gasteiger partial charge in [0.1, 0.15) is 11.2 Å². The first-order valence-corrected chi connectivity index (χ1v) is 10.4. The first-order chi connectivity index (χ1) is 13.9. The fraction of sp³-hybridized carbons (Fsp3) is 0.500. The summed E-state index contributed by atoms with van der Waals surface area (Å²) in [5.41, 5.74) is 0.682. The van der Waals surface area contributed by atoms with Gasteiger partial charge in [-0.2, -0.15) is 0 Å². The Morgan fingerprint density at radius 2 is 1.86 bits per heavy atom. The summed E-state index contributed by atoms with van der Waals surface area (Å²) in [6.45, 7) is 7.78. The van der Waals surface area contributed by atoms with Gasteiger partial charge in [0.15, 0.2) is 0 Å². The molecule has 29 heavy (non-hydrogen) atoms. The zero-order valence-electron chi connectivity index (χ0n) is 17.3. The number of likely N-dealkylation sites (N-methyl/N-ethyl adjacent to an activating group) is 1. The van der Waals surface area contributed by atoms with Crippen LogP contribution in [0.1, 0.15) is 44.1 Å². The summed E-state index contributed by atoms with van der Waals surface area (Å²) in [5.74, 6) is 0.102. The predicted octanol–water partition coefficient (Wildman–Crippen LogP) is 3.08. The molecule has 1 aromatic carbocycles. The molecule has 1 N–H and O–H groups in total. The van der Waals surface area contributed by atoms with E-state index in [0.717, 1.165) is 10.9 Å². The second-order valence-electron chi connectivity index (χ2n) is 8.43. The third-order valence-electron chi connectivity index (χ3n) is 6.12. The van der Waals surface area contributed by atoms with Gasteiger partial charge in [-0.1, -0.05) is 32.0 Å². The first kappa shape index (κ1) is 19.5.